The first-order valence-corrected chi connectivity index (χ1v) is 11.3. The number of carbonyl (C=O) groups is 1. The number of aryl methyl sites for hydroxylation is 1. The summed E-state index contributed by atoms with van der Waals surface area (Å²) in [5.74, 6) is -0.379. The zero-order valence-electron chi connectivity index (χ0n) is 16.4. The van der Waals surface area contributed by atoms with Gasteiger partial charge in [0.2, 0.25) is 15.9 Å². The molecule has 3 rings (SSSR count). The summed E-state index contributed by atoms with van der Waals surface area (Å²) in [6, 6.07) is 11.3. The maximum atomic E-state index is 12.8. The third kappa shape index (κ3) is 4.97. The van der Waals surface area contributed by atoms with Crippen LogP contribution in [0.1, 0.15) is 24.0 Å². The van der Waals surface area contributed by atoms with Gasteiger partial charge in [0.25, 0.3) is 5.69 Å². The number of nitro groups is 1. The van der Waals surface area contributed by atoms with E-state index in [1.165, 1.54) is 16.4 Å². The molecule has 160 valence electrons. The molecule has 1 amide bonds. The number of amides is 1. The molecule has 0 radical (unpaired) electrons. The van der Waals surface area contributed by atoms with Gasteiger partial charge < -0.3 is 5.32 Å². The van der Waals surface area contributed by atoms with Gasteiger partial charge in [0.05, 0.1) is 9.82 Å². The van der Waals surface area contributed by atoms with Gasteiger partial charge in [-0.1, -0.05) is 41.4 Å². The molecule has 0 aliphatic carbocycles. The molecule has 0 saturated carbocycles. The summed E-state index contributed by atoms with van der Waals surface area (Å²) in [5, 5.41) is 13.8. The lowest BCUT2D eigenvalue weighted by Crippen LogP contribution is -2.42. The number of benzene rings is 2. The predicted octanol–water partition coefficient (Wildman–Crippen LogP) is 3.27. The van der Waals surface area contributed by atoms with Gasteiger partial charge in [-0.2, -0.15) is 4.31 Å². The molecule has 1 aliphatic rings. The van der Waals surface area contributed by atoms with E-state index in [0.29, 0.717) is 19.4 Å². The average molecular weight is 452 g/mol. The Morgan fingerprint density at radius 2 is 1.83 bits per heavy atom. The van der Waals surface area contributed by atoms with E-state index in [0.717, 1.165) is 17.2 Å². The number of nitro benzene ring substituents is 1. The number of nitrogens with zero attached hydrogens (tertiary/aromatic N) is 2. The van der Waals surface area contributed by atoms with Gasteiger partial charge in [0.15, 0.2) is 0 Å². The van der Waals surface area contributed by atoms with Crippen molar-refractivity contribution in [3.05, 3.63) is 68.7 Å². The fraction of sp³-hybridized carbons (Fsp3) is 0.350. The smallest absolute Gasteiger partial charge is 0.289 e. The van der Waals surface area contributed by atoms with Crippen LogP contribution in [0, 0.1) is 23.0 Å². The van der Waals surface area contributed by atoms with Crippen LogP contribution in [-0.4, -0.2) is 36.6 Å². The van der Waals surface area contributed by atoms with Crippen molar-refractivity contribution >= 4 is 33.2 Å². The number of piperidine rings is 1. The number of rotatable bonds is 6. The van der Waals surface area contributed by atoms with E-state index in [1.54, 1.807) is 0 Å². The van der Waals surface area contributed by atoms with E-state index in [-0.39, 0.29) is 34.8 Å². The fourth-order valence-electron chi connectivity index (χ4n) is 3.34. The van der Waals surface area contributed by atoms with Gasteiger partial charge >= 0.3 is 0 Å². The van der Waals surface area contributed by atoms with E-state index in [1.807, 2.05) is 31.2 Å². The summed E-state index contributed by atoms with van der Waals surface area (Å²) in [7, 11) is -3.90. The van der Waals surface area contributed by atoms with E-state index in [9.17, 15) is 23.3 Å². The van der Waals surface area contributed by atoms with Gasteiger partial charge in [-0.3, -0.25) is 14.9 Å². The molecule has 8 nitrogen and oxygen atoms in total. The summed E-state index contributed by atoms with van der Waals surface area (Å²) >= 11 is 5.77. The number of halogens is 1. The van der Waals surface area contributed by atoms with Crippen LogP contribution in [0.5, 0.6) is 0 Å². The average Bonchev–Trinajstić information content (AvgIpc) is 2.73. The van der Waals surface area contributed by atoms with Crippen molar-refractivity contribution in [2.45, 2.75) is 31.2 Å². The van der Waals surface area contributed by atoms with Crippen molar-refractivity contribution < 1.29 is 18.1 Å². The van der Waals surface area contributed by atoms with Crippen LogP contribution in [0.3, 0.4) is 0 Å². The molecule has 0 atom stereocenters. The largest absolute Gasteiger partial charge is 0.352 e. The Morgan fingerprint density at radius 1 is 1.20 bits per heavy atom. The highest BCUT2D eigenvalue weighted by atomic mass is 35.5. The fourth-order valence-corrected chi connectivity index (χ4v) is 5.02. The zero-order chi connectivity index (χ0) is 21.9. The van der Waals surface area contributed by atoms with Crippen molar-refractivity contribution in [2.75, 3.05) is 13.1 Å². The summed E-state index contributed by atoms with van der Waals surface area (Å²) in [5.41, 5.74) is 1.69. The van der Waals surface area contributed by atoms with Gasteiger partial charge in [0.1, 0.15) is 5.02 Å². The molecule has 1 heterocycles. The quantitative estimate of drug-likeness (QED) is 0.535. The molecule has 0 unspecified atom stereocenters. The van der Waals surface area contributed by atoms with Crippen LogP contribution in [0.2, 0.25) is 5.02 Å². The lowest BCUT2D eigenvalue weighted by Gasteiger charge is -2.30. The first-order chi connectivity index (χ1) is 14.2. The Bertz CT molecular complexity index is 1050. The Kier molecular flexibility index (Phi) is 6.74. The van der Waals surface area contributed by atoms with Crippen molar-refractivity contribution in [1.82, 2.24) is 9.62 Å². The molecule has 2 aromatic rings. The Morgan fingerprint density at radius 3 is 2.43 bits per heavy atom. The lowest BCUT2D eigenvalue weighted by atomic mass is 9.97. The highest BCUT2D eigenvalue weighted by Crippen LogP contribution is 2.30. The third-order valence-corrected chi connectivity index (χ3v) is 7.38. The molecule has 1 saturated heterocycles. The molecule has 10 heteroatoms. The predicted molar refractivity (Wildman–Crippen MR) is 113 cm³/mol. The second-order valence-corrected chi connectivity index (χ2v) is 9.60. The minimum absolute atomic E-state index is 0.102. The van der Waals surface area contributed by atoms with Gasteiger partial charge in [-0.05, 0) is 37.5 Å². The summed E-state index contributed by atoms with van der Waals surface area (Å²) in [6.07, 6.45) is 0.767. The van der Waals surface area contributed by atoms with Crippen LogP contribution < -0.4 is 5.32 Å². The van der Waals surface area contributed by atoms with Crippen molar-refractivity contribution in [3.8, 4) is 0 Å². The number of hydrogen-bond acceptors (Lipinski definition) is 5. The number of sulfonamides is 1. The zero-order valence-corrected chi connectivity index (χ0v) is 17.9. The standard InChI is InChI=1S/C20H22ClN3O5S/c1-14-2-4-15(5-3-14)13-22-20(25)16-8-10-23(11-9-16)30(28,29)17-6-7-18(21)19(12-17)24(26)27/h2-7,12,16H,8-11,13H2,1H3,(H,22,25). The first-order valence-electron chi connectivity index (χ1n) is 9.46. The molecular formula is C20H22ClN3O5S. The van der Waals surface area contributed by atoms with E-state index >= 15 is 0 Å². The molecule has 0 bridgehead atoms. The topological polar surface area (TPSA) is 110 Å². The maximum Gasteiger partial charge on any atom is 0.289 e. The van der Waals surface area contributed by atoms with E-state index in [2.05, 4.69) is 5.32 Å². The van der Waals surface area contributed by atoms with Gasteiger partial charge in [-0.25, -0.2) is 8.42 Å². The molecule has 1 aliphatic heterocycles. The molecule has 0 spiro atoms. The van der Waals surface area contributed by atoms with Gasteiger partial charge in [0, 0.05) is 31.6 Å². The van der Waals surface area contributed by atoms with Crippen molar-refractivity contribution in [2.24, 2.45) is 5.92 Å². The van der Waals surface area contributed by atoms with Crippen LogP contribution in [0.15, 0.2) is 47.4 Å². The molecule has 1 N–H and O–H groups in total. The lowest BCUT2D eigenvalue weighted by molar-refractivity contribution is -0.384. The Hall–Kier alpha value is -2.49. The molecule has 1 fully saturated rings. The van der Waals surface area contributed by atoms with Gasteiger partial charge in [-0.15, -0.1) is 0 Å². The van der Waals surface area contributed by atoms with Crippen LogP contribution in [-0.2, 0) is 21.4 Å². The minimum Gasteiger partial charge on any atom is -0.352 e. The highest BCUT2D eigenvalue weighted by molar-refractivity contribution is 7.89. The maximum absolute atomic E-state index is 12.8. The van der Waals surface area contributed by atoms with Crippen molar-refractivity contribution in [1.29, 1.82) is 0 Å². The van der Waals surface area contributed by atoms with Crippen LogP contribution >= 0.6 is 11.6 Å². The Labute approximate surface area is 180 Å². The van der Waals surface area contributed by atoms with E-state index < -0.39 is 20.6 Å². The number of nitrogens with one attached hydrogen (secondary N) is 1. The third-order valence-electron chi connectivity index (χ3n) is 5.16. The second kappa shape index (κ2) is 9.11. The molecular weight excluding hydrogens is 430 g/mol. The summed E-state index contributed by atoms with van der Waals surface area (Å²) in [6.45, 7) is 2.75. The van der Waals surface area contributed by atoms with Crippen molar-refractivity contribution in [3.63, 3.8) is 0 Å². The number of carbonyl (C=O) groups excluding carboxylic acids is 1. The molecule has 30 heavy (non-hydrogen) atoms. The Balaban J connectivity index is 1.60. The second-order valence-electron chi connectivity index (χ2n) is 7.25. The monoisotopic (exact) mass is 451 g/mol. The molecule has 2 aromatic carbocycles. The van der Waals surface area contributed by atoms with Crippen LogP contribution in [0.4, 0.5) is 5.69 Å². The highest BCUT2D eigenvalue weighted by Gasteiger charge is 2.33. The first kappa shape index (κ1) is 22.2. The normalized spacial score (nSPS) is 15.7. The minimum atomic E-state index is -3.90. The summed E-state index contributed by atoms with van der Waals surface area (Å²) < 4.78 is 26.9. The number of hydrogen-bond donors (Lipinski definition) is 1. The van der Waals surface area contributed by atoms with E-state index in [4.69, 9.17) is 11.6 Å². The summed E-state index contributed by atoms with van der Waals surface area (Å²) in [4.78, 5) is 22.6. The molecule has 0 aromatic heterocycles. The SMILES string of the molecule is Cc1ccc(CNC(=O)C2CCN(S(=O)(=O)c3ccc(Cl)c([N+](=O)[O-])c3)CC2)cc1. The van der Waals surface area contributed by atoms with Crippen LogP contribution in [0.25, 0.3) is 0 Å².